The molecule has 0 heterocycles. The molecule has 0 saturated carbocycles. The largest absolute Gasteiger partial charge is 0.497 e. The summed E-state index contributed by atoms with van der Waals surface area (Å²) in [4.78, 5) is 11.8. The molecule has 0 atom stereocenters. The van der Waals surface area contributed by atoms with E-state index < -0.39 is 5.97 Å². The van der Waals surface area contributed by atoms with E-state index >= 15 is 0 Å². The molecule has 0 unspecified atom stereocenters. The molecule has 108 valence electrons. The van der Waals surface area contributed by atoms with Gasteiger partial charge in [0.1, 0.15) is 11.5 Å². The topological polar surface area (TPSA) is 35.5 Å². The van der Waals surface area contributed by atoms with Crippen LogP contribution in [0.3, 0.4) is 0 Å². The average molecular weight is 282 g/mol. The standard InChI is InChI=1S/C18H18O3/c1-13-10-14(2)12-17(11-13)21-18(19)9-6-15-4-7-16(20-3)8-5-15/h4-12H,1-3H3/b9-6+. The first kappa shape index (κ1) is 14.9. The summed E-state index contributed by atoms with van der Waals surface area (Å²) < 4.78 is 10.4. The van der Waals surface area contributed by atoms with Crippen LogP contribution in [0.1, 0.15) is 16.7 Å². The van der Waals surface area contributed by atoms with Crippen molar-refractivity contribution in [2.45, 2.75) is 13.8 Å². The van der Waals surface area contributed by atoms with Crippen molar-refractivity contribution in [1.29, 1.82) is 0 Å². The predicted molar refractivity (Wildman–Crippen MR) is 83.6 cm³/mol. The minimum absolute atomic E-state index is 0.393. The van der Waals surface area contributed by atoms with Crippen molar-refractivity contribution in [3.05, 3.63) is 65.2 Å². The highest BCUT2D eigenvalue weighted by Crippen LogP contribution is 2.17. The monoisotopic (exact) mass is 282 g/mol. The summed E-state index contributed by atoms with van der Waals surface area (Å²) in [6.45, 7) is 3.94. The van der Waals surface area contributed by atoms with Crippen LogP contribution in [0.2, 0.25) is 0 Å². The van der Waals surface area contributed by atoms with Crippen molar-refractivity contribution in [3.63, 3.8) is 0 Å². The van der Waals surface area contributed by atoms with Crippen LogP contribution < -0.4 is 9.47 Å². The van der Waals surface area contributed by atoms with Gasteiger partial charge in [-0.25, -0.2) is 4.79 Å². The quantitative estimate of drug-likeness (QED) is 0.484. The lowest BCUT2D eigenvalue weighted by Crippen LogP contribution is -2.04. The van der Waals surface area contributed by atoms with E-state index in [0.29, 0.717) is 5.75 Å². The molecule has 0 saturated heterocycles. The number of methoxy groups -OCH3 is 1. The summed E-state index contributed by atoms with van der Waals surface area (Å²) in [5.41, 5.74) is 3.04. The molecule has 0 N–H and O–H groups in total. The van der Waals surface area contributed by atoms with E-state index in [1.807, 2.05) is 56.3 Å². The Hall–Kier alpha value is -2.55. The molecule has 0 radical (unpaired) electrons. The number of hydrogen-bond acceptors (Lipinski definition) is 3. The van der Waals surface area contributed by atoms with Gasteiger partial charge in [0, 0.05) is 6.08 Å². The fourth-order valence-electron chi connectivity index (χ4n) is 2.02. The summed E-state index contributed by atoms with van der Waals surface area (Å²) in [5, 5.41) is 0. The molecule has 0 amide bonds. The lowest BCUT2D eigenvalue weighted by Gasteiger charge is -2.04. The lowest BCUT2D eigenvalue weighted by molar-refractivity contribution is -0.128. The number of benzene rings is 2. The number of esters is 1. The summed E-state index contributed by atoms with van der Waals surface area (Å²) >= 11 is 0. The third kappa shape index (κ3) is 4.49. The van der Waals surface area contributed by atoms with Crippen molar-refractivity contribution in [2.24, 2.45) is 0 Å². The fourth-order valence-corrected chi connectivity index (χ4v) is 2.02. The summed E-state index contributed by atoms with van der Waals surface area (Å²) in [6.07, 6.45) is 3.13. The predicted octanol–water partition coefficient (Wildman–Crippen LogP) is 3.93. The molecule has 0 aromatic heterocycles. The molecule has 3 nitrogen and oxygen atoms in total. The second kappa shape index (κ2) is 6.75. The maximum absolute atomic E-state index is 11.8. The molecule has 2 aromatic rings. The van der Waals surface area contributed by atoms with Gasteiger partial charge < -0.3 is 9.47 Å². The normalized spacial score (nSPS) is 10.6. The van der Waals surface area contributed by atoms with Gasteiger partial charge in [-0.2, -0.15) is 0 Å². The number of ether oxygens (including phenoxy) is 2. The molecule has 0 aliphatic rings. The van der Waals surface area contributed by atoms with Crippen LogP contribution in [0.4, 0.5) is 0 Å². The van der Waals surface area contributed by atoms with Crippen molar-refractivity contribution in [1.82, 2.24) is 0 Å². The van der Waals surface area contributed by atoms with Crippen LogP contribution in [0.5, 0.6) is 11.5 Å². The molecule has 2 rings (SSSR count). The smallest absolute Gasteiger partial charge is 0.336 e. The van der Waals surface area contributed by atoms with Crippen LogP contribution in [0, 0.1) is 13.8 Å². The van der Waals surface area contributed by atoms with Crippen molar-refractivity contribution in [3.8, 4) is 11.5 Å². The highest BCUT2D eigenvalue weighted by atomic mass is 16.5. The van der Waals surface area contributed by atoms with Crippen LogP contribution in [0.25, 0.3) is 6.08 Å². The number of hydrogen-bond donors (Lipinski definition) is 0. The van der Waals surface area contributed by atoms with E-state index in [2.05, 4.69) is 0 Å². The molecule has 3 heteroatoms. The fraction of sp³-hybridized carbons (Fsp3) is 0.167. The van der Waals surface area contributed by atoms with E-state index in [-0.39, 0.29) is 0 Å². The average Bonchev–Trinajstić information content (AvgIpc) is 2.44. The summed E-state index contributed by atoms with van der Waals surface area (Å²) in [6, 6.07) is 13.1. The van der Waals surface area contributed by atoms with E-state index in [0.717, 1.165) is 22.4 Å². The van der Waals surface area contributed by atoms with Crippen molar-refractivity contribution < 1.29 is 14.3 Å². The van der Waals surface area contributed by atoms with Gasteiger partial charge in [-0.15, -0.1) is 0 Å². The highest BCUT2D eigenvalue weighted by Gasteiger charge is 2.02. The molecular formula is C18H18O3. The number of carbonyl (C=O) groups is 1. The molecule has 0 fully saturated rings. The molecule has 0 aliphatic carbocycles. The van der Waals surface area contributed by atoms with Gasteiger partial charge in [0.15, 0.2) is 0 Å². The van der Waals surface area contributed by atoms with Crippen LogP contribution in [0.15, 0.2) is 48.5 Å². The molecule has 0 aliphatic heterocycles. The van der Waals surface area contributed by atoms with Gasteiger partial charge in [-0.1, -0.05) is 18.2 Å². The third-order valence-electron chi connectivity index (χ3n) is 2.94. The summed E-state index contributed by atoms with van der Waals surface area (Å²) in [7, 11) is 1.62. The first-order valence-corrected chi connectivity index (χ1v) is 6.69. The number of aryl methyl sites for hydroxylation is 2. The van der Waals surface area contributed by atoms with Gasteiger partial charge in [0.25, 0.3) is 0 Å². The van der Waals surface area contributed by atoms with Gasteiger partial charge in [-0.3, -0.25) is 0 Å². The van der Waals surface area contributed by atoms with E-state index in [1.54, 1.807) is 13.2 Å². The van der Waals surface area contributed by atoms with E-state index in [1.165, 1.54) is 6.08 Å². The van der Waals surface area contributed by atoms with Gasteiger partial charge in [0.2, 0.25) is 0 Å². The Morgan fingerprint density at radius 1 is 0.952 bits per heavy atom. The minimum atomic E-state index is -0.393. The van der Waals surface area contributed by atoms with Gasteiger partial charge in [0.05, 0.1) is 7.11 Å². The zero-order valence-corrected chi connectivity index (χ0v) is 12.4. The first-order chi connectivity index (χ1) is 10.1. The van der Waals surface area contributed by atoms with Crippen LogP contribution in [-0.2, 0) is 4.79 Å². The Bertz CT molecular complexity index is 634. The zero-order valence-electron chi connectivity index (χ0n) is 12.4. The molecular weight excluding hydrogens is 264 g/mol. The second-order valence-corrected chi connectivity index (χ2v) is 4.85. The second-order valence-electron chi connectivity index (χ2n) is 4.85. The van der Waals surface area contributed by atoms with E-state index in [9.17, 15) is 4.79 Å². The Kier molecular flexibility index (Phi) is 4.77. The Labute approximate surface area is 124 Å². The highest BCUT2D eigenvalue weighted by molar-refractivity contribution is 5.88. The molecule has 2 aromatic carbocycles. The zero-order chi connectivity index (χ0) is 15.2. The maximum Gasteiger partial charge on any atom is 0.336 e. The maximum atomic E-state index is 11.8. The third-order valence-corrected chi connectivity index (χ3v) is 2.94. The first-order valence-electron chi connectivity index (χ1n) is 6.69. The van der Waals surface area contributed by atoms with Gasteiger partial charge >= 0.3 is 5.97 Å². The Morgan fingerprint density at radius 2 is 1.57 bits per heavy atom. The number of carbonyl (C=O) groups excluding carboxylic acids is 1. The minimum Gasteiger partial charge on any atom is -0.497 e. The van der Waals surface area contributed by atoms with E-state index in [4.69, 9.17) is 9.47 Å². The van der Waals surface area contributed by atoms with Crippen molar-refractivity contribution in [2.75, 3.05) is 7.11 Å². The Balaban J connectivity index is 2.01. The molecule has 0 spiro atoms. The SMILES string of the molecule is COc1ccc(/C=C/C(=O)Oc2cc(C)cc(C)c2)cc1. The number of rotatable bonds is 4. The molecule has 21 heavy (non-hydrogen) atoms. The summed E-state index contributed by atoms with van der Waals surface area (Å²) in [5.74, 6) is 0.956. The van der Waals surface area contributed by atoms with Crippen molar-refractivity contribution >= 4 is 12.0 Å². The Morgan fingerprint density at radius 3 is 2.14 bits per heavy atom. The van der Waals surface area contributed by atoms with Crippen LogP contribution >= 0.6 is 0 Å². The molecule has 0 bridgehead atoms. The van der Waals surface area contributed by atoms with Crippen LogP contribution in [-0.4, -0.2) is 13.1 Å². The lowest BCUT2D eigenvalue weighted by atomic mass is 10.1. The van der Waals surface area contributed by atoms with Gasteiger partial charge in [-0.05, 0) is 60.9 Å².